The lowest BCUT2D eigenvalue weighted by Gasteiger charge is -2.04. The zero-order valence-electron chi connectivity index (χ0n) is 11.9. The summed E-state index contributed by atoms with van der Waals surface area (Å²) in [5.41, 5.74) is 3.91. The van der Waals surface area contributed by atoms with Gasteiger partial charge < -0.3 is 4.74 Å². The number of carbonyl (C=O) groups is 1. The van der Waals surface area contributed by atoms with Gasteiger partial charge in [0.15, 0.2) is 0 Å². The third-order valence-corrected chi connectivity index (χ3v) is 2.67. The molecule has 0 radical (unpaired) electrons. The second kappa shape index (κ2) is 7.37. The summed E-state index contributed by atoms with van der Waals surface area (Å²) in [5.74, 6) is -0.307. The fraction of sp³-hybridized carbons (Fsp3) is 0.235. The Bertz CT molecular complexity index is 527. The molecule has 2 aromatic rings. The second-order valence-electron chi connectivity index (χ2n) is 3.94. The normalized spacial score (nSPS) is 9.26. The molecule has 0 N–H and O–H groups in total. The van der Waals surface area contributed by atoms with Crippen LogP contribution in [0.15, 0.2) is 48.5 Å². The minimum atomic E-state index is -0.307. The molecule has 19 heavy (non-hydrogen) atoms. The molecule has 0 heterocycles. The van der Waals surface area contributed by atoms with Gasteiger partial charge in [-0.1, -0.05) is 55.8 Å². The average molecular weight is 256 g/mol. The summed E-state index contributed by atoms with van der Waals surface area (Å²) in [7, 11) is 1.39. The van der Waals surface area contributed by atoms with Gasteiger partial charge in [-0.3, -0.25) is 0 Å². The van der Waals surface area contributed by atoms with Crippen molar-refractivity contribution in [3.8, 4) is 11.1 Å². The summed E-state index contributed by atoms with van der Waals surface area (Å²) in [6.45, 7) is 6.05. The summed E-state index contributed by atoms with van der Waals surface area (Å²) in [4.78, 5) is 11.4. The Morgan fingerprint density at radius 1 is 0.947 bits per heavy atom. The maximum Gasteiger partial charge on any atom is 0.337 e. The van der Waals surface area contributed by atoms with Crippen molar-refractivity contribution in [2.75, 3.05) is 7.11 Å². The Morgan fingerprint density at radius 3 is 2.16 bits per heavy atom. The van der Waals surface area contributed by atoms with Crippen molar-refractivity contribution >= 4 is 5.97 Å². The van der Waals surface area contributed by atoms with Crippen molar-refractivity contribution in [2.45, 2.75) is 20.8 Å². The summed E-state index contributed by atoms with van der Waals surface area (Å²) in [5, 5.41) is 0. The zero-order valence-corrected chi connectivity index (χ0v) is 11.9. The van der Waals surface area contributed by atoms with Crippen LogP contribution in [0.4, 0.5) is 0 Å². The van der Waals surface area contributed by atoms with E-state index in [-0.39, 0.29) is 5.97 Å². The Morgan fingerprint density at radius 2 is 1.58 bits per heavy atom. The first kappa shape index (κ1) is 15.0. The highest BCUT2D eigenvalue weighted by atomic mass is 16.5. The first-order chi connectivity index (χ1) is 9.20. The lowest BCUT2D eigenvalue weighted by molar-refractivity contribution is 0.0601. The van der Waals surface area contributed by atoms with E-state index < -0.39 is 0 Å². The molecule has 0 aliphatic heterocycles. The molecule has 2 heteroatoms. The van der Waals surface area contributed by atoms with Crippen molar-refractivity contribution in [3.05, 3.63) is 59.7 Å². The smallest absolute Gasteiger partial charge is 0.337 e. The van der Waals surface area contributed by atoms with Gasteiger partial charge in [0.2, 0.25) is 0 Å². The van der Waals surface area contributed by atoms with Crippen LogP contribution in [0.5, 0.6) is 0 Å². The highest BCUT2D eigenvalue weighted by Crippen LogP contribution is 2.21. The molecule has 0 fully saturated rings. The second-order valence-corrected chi connectivity index (χ2v) is 3.94. The van der Waals surface area contributed by atoms with Gasteiger partial charge in [0, 0.05) is 0 Å². The van der Waals surface area contributed by atoms with Gasteiger partial charge in [-0.05, 0) is 30.2 Å². The number of carbonyl (C=O) groups excluding carboxylic acids is 1. The number of hydrogen-bond acceptors (Lipinski definition) is 2. The van der Waals surface area contributed by atoms with Crippen LogP contribution in [0.25, 0.3) is 11.1 Å². The van der Waals surface area contributed by atoms with Crippen LogP contribution >= 0.6 is 0 Å². The number of benzene rings is 2. The number of aryl methyl sites for hydroxylation is 1. The monoisotopic (exact) mass is 256 g/mol. The molecule has 0 spiro atoms. The van der Waals surface area contributed by atoms with E-state index in [0.29, 0.717) is 5.56 Å². The predicted octanol–water partition coefficient (Wildman–Crippen LogP) is 4.47. The SMILES string of the molecule is CC.COC(=O)c1cccc(-c2ccc(C)cc2)c1. The average Bonchev–Trinajstić information content (AvgIpc) is 2.49. The number of ether oxygens (including phenoxy) is 1. The molecule has 0 atom stereocenters. The molecular weight excluding hydrogens is 236 g/mol. The van der Waals surface area contributed by atoms with Crippen LogP contribution < -0.4 is 0 Å². The van der Waals surface area contributed by atoms with Crippen molar-refractivity contribution in [1.82, 2.24) is 0 Å². The fourth-order valence-corrected chi connectivity index (χ4v) is 1.69. The summed E-state index contributed by atoms with van der Waals surface area (Å²) >= 11 is 0. The van der Waals surface area contributed by atoms with Gasteiger partial charge in [-0.25, -0.2) is 4.79 Å². The van der Waals surface area contributed by atoms with Crippen molar-refractivity contribution < 1.29 is 9.53 Å². The van der Waals surface area contributed by atoms with E-state index in [2.05, 4.69) is 19.1 Å². The topological polar surface area (TPSA) is 26.3 Å². The summed E-state index contributed by atoms with van der Waals surface area (Å²) < 4.78 is 4.71. The number of esters is 1. The quantitative estimate of drug-likeness (QED) is 0.741. The maximum absolute atomic E-state index is 11.4. The van der Waals surface area contributed by atoms with Crippen molar-refractivity contribution in [2.24, 2.45) is 0 Å². The predicted molar refractivity (Wildman–Crippen MR) is 79.3 cm³/mol. The summed E-state index contributed by atoms with van der Waals surface area (Å²) in [6, 6.07) is 15.6. The molecular formula is C17H20O2. The molecule has 2 rings (SSSR count). The molecule has 0 aromatic heterocycles. The zero-order chi connectivity index (χ0) is 14.3. The van der Waals surface area contributed by atoms with E-state index in [0.717, 1.165) is 11.1 Å². The van der Waals surface area contributed by atoms with E-state index in [9.17, 15) is 4.79 Å². The van der Waals surface area contributed by atoms with E-state index in [1.54, 1.807) is 6.07 Å². The molecule has 0 saturated carbocycles. The van der Waals surface area contributed by atoms with Crippen LogP contribution in [0.1, 0.15) is 29.8 Å². The van der Waals surface area contributed by atoms with Gasteiger partial charge in [0.25, 0.3) is 0 Å². The Hall–Kier alpha value is -2.09. The molecule has 0 aliphatic carbocycles. The van der Waals surface area contributed by atoms with Gasteiger partial charge in [-0.2, -0.15) is 0 Å². The van der Waals surface area contributed by atoms with E-state index in [1.807, 2.05) is 44.2 Å². The van der Waals surface area contributed by atoms with Crippen LogP contribution in [-0.2, 0) is 4.74 Å². The van der Waals surface area contributed by atoms with E-state index in [4.69, 9.17) is 4.74 Å². The summed E-state index contributed by atoms with van der Waals surface area (Å²) in [6.07, 6.45) is 0. The molecule has 0 aliphatic rings. The molecule has 2 aromatic carbocycles. The highest BCUT2D eigenvalue weighted by molar-refractivity contribution is 5.90. The van der Waals surface area contributed by atoms with Crippen LogP contribution in [0, 0.1) is 6.92 Å². The molecule has 100 valence electrons. The number of methoxy groups -OCH3 is 1. The Labute approximate surface area is 115 Å². The molecule has 0 bridgehead atoms. The van der Waals surface area contributed by atoms with E-state index >= 15 is 0 Å². The Kier molecular flexibility index (Phi) is 5.80. The third-order valence-electron chi connectivity index (χ3n) is 2.67. The first-order valence-corrected chi connectivity index (χ1v) is 6.46. The molecule has 2 nitrogen and oxygen atoms in total. The number of hydrogen-bond donors (Lipinski definition) is 0. The highest BCUT2D eigenvalue weighted by Gasteiger charge is 2.06. The largest absolute Gasteiger partial charge is 0.465 e. The van der Waals surface area contributed by atoms with Gasteiger partial charge in [-0.15, -0.1) is 0 Å². The Balaban J connectivity index is 0.000000861. The van der Waals surface area contributed by atoms with Crippen LogP contribution in [0.2, 0.25) is 0 Å². The van der Waals surface area contributed by atoms with Gasteiger partial charge in [0.05, 0.1) is 12.7 Å². The first-order valence-electron chi connectivity index (χ1n) is 6.46. The third kappa shape index (κ3) is 3.95. The van der Waals surface area contributed by atoms with Crippen LogP contribution in [0.3, 0.4) is 0 Å². The fourth-order valence-electron chi connectivity index (χ4n) is 1.69. The molecule has 0 amide bonds. The van der Waals surface area contributed by atoms with Gasteiger partial charge in [0.1, 0.15) is 0 Å². The lowest BCUT2D eigenvalue weighted by Crippen LogP contribution is -2.00. The lowest BCUT2D eigenvalue weighted by atomic mass is 10.0. The van der Waals surface area contributed by atoms with Crippen LogP contribution in [-0.4, -0.2) is 13.1 Å². The van der Waals surface area contributed by atoms with Crippen molar-refractivity contribution in [1.29, 1.82) is 0 Å². The standard InChI is InChI=1S/C15H14O2.C2H6/c1-11-6-8-12(9-7-11)13-4-3-5-14(10-13)15(16)17-2;1-2/h3-10H,1-2H3;1-2H3. The minimum Gasteiger partial charge on any atom is -0.465 e. The molecule has 0 unspecified atom stereocenters. The maximum atomic E-state index is 11.4. The van der Waals surface area contributed by atoms with Gasteiger partial charge >= 0.3 is 5.97 Å². The minimum absolute atomic E-state index is 0.307. The molecule has 0 saturated heterocycles. The number of rotatable bonds is 2. The van der Waals surface area contributed by atoms with Crippen molar-refractivity contribution in [3.63, 3.8) is 0 Å². The van der Waals surface area contributed by atoms with E-state index in [1.165, 1.54) is 12.7 Å².